The van der Waals surface area contributed by atoms with E-state index in [2.05, 4.69) is 23.2 Å². The Morgan fingerprint density at radius 2 is 1.94 bits per heavy atom. The normalized spacial score (nSPS) is 16.6. The smallest absolute Gasteiger partial charge is 0.238 e. The number of anilines is 1. The fourth-order valence-corrected chi connectivity index (χ4v) is 2.40. The van der Waals surface area contributed by atoms with Gasteiger partial charge in [-0.2, -0.15) is 0 Å². The summed E-state index contributed by atoms with van der Waals surface area (Å²) in [6, 6.07) is 6.02. The Hall–Kier alpha value is -1.35. The van der Waals surface area contributed by atoms with Crippen molar-refractivity contribution in [2.24, 2.45) is 0 Å². The van der Waals surface area contributed by atoms with E-state index < -0.39 is 0 Å². The maximum absolute atomic E-state index is 12.0. The predicted octanol–water partition coefficient (Wildman–Crippen LogP) is 2.73. The third kappa shape index (κ3) is 3.33. The molecule has 0 radical (unpaired) electrons. The number of carbonyl (C=O) groups is 1. The summed E-state index contributed by atoms with van der Waals surface area (Å²) in [5, 5.41) is 3.02. The van der Waals surface area contributed by atoms with E-state index in [-0.39, 0.29) is 5.91 Å². The number of rotatable bonds is 3. The summed E-state index contributed by atoms with van der Waals surface area (Å²) in [6.07, 6.45) is 3.74. The third-order valence-electron chi connectivity index (χ3n) is 3.69. The first-order valence-corrected chi connectivity index (χ1v) is 6.75. The van der Waals surface area contributed by atoms with Crippen LogP contribution in [0.15, 0.2) is 18.2 Å². The second-order valence-corrected chi connectivity index (χ2v) is 5.13. The maximum Gasteiger partial charge on any atom is 0.238 e. The minimum absolute atomic E-state index is 0.102. The van der Waals surface area contributed by atoms with Crippen LogP contribution in [0.4, 0.5) is 5.69 Å². The summed E-state index contributed by atoms with van der Waals surface area (Å²) in [4.78, 5) is 14.2. The molecule has 0 atom stereocenters. The van der Waals surface area contributed by atoms with Crippen LogP contribution in [0.25, 0.3) is 0 Å². The molecule has 0 aromatic heterocycles. The van der Waals surface area contributed by atoms with E-state index in [9.17, 15) is 4.79 Å². The first-order valence-electron chi connectivity index (χ1n) is 6.75. The van der Waals surface area contributed by atoms with E-state index >= 15 is 0 Å². The summed E-state index contributed by atoms with van der Waals surface area (Å²) in [5.41, 5.74) is 3.31. The van der Waals surface area contributed by atoms with Gasteiger partial charge < -0.3 is 5.32 Å². The van der Waals surface area contributed by atoms with Crippen molar-refractivity contribution in [3.8, 4) is 0 Å². The fraction of sp³-hybridized carbons (Fsp3) is 0.533. The molecule has 1 amide bonds. The van der Waals surface area contributed by atoms with E-state index in [1.165, 1.54) is 24.8 Å². The van der Waals surface area contributed by atoms with Gasteiger partial charge in [-0.25, -0.2) is 0 Å². The number of carbonyl (C=O) groups excluding carboxylic acids is 1. The zero-order valence-electron chi connectivity index (χ0n) is 11.3. The predicted molar refractivity (Wildman–Crippen MR) is 74.8 cm³/mol. The maximum atomic E-state index is 12.0. The molecule has 3 heteroatoms. The van der Waals surface area contributed by atoms with Crippen LogP contribution in [-0.4, -0.2) is 30.4 Å². The highest BCUT2D eigenvalue weighted by Gasteiger charge is 2.14. The molecule has 1 aliphatic rings. The lowest BCUT2D eigenvalue weighted by Crippen LogP contribution is -2.36. The molecule has 0 aliphatic carbocycles. The van der Waals surface area contributed by atoms with E-state index in [4.69, 9.17) is 0 Å². The van der Waals surface area contributed by atoms with Gasteiger partial charge in [0, 0.05) is 5.69 Å². The van der Waals surface area contributed by atoms with Crippen LogP contribution in [0.1, 0.15) is 30.4 Å². The second-order valence-electron chi connectivity index (χ2n) is 5.13. The largest absolute Gasteiger partial charge is 0.325 e. The highest BCUT2D eigenvalue weighted by atomic mass is 16.2. The minimum atomic E-state index is 0.102. The number of aryl methyl sites for hydroxylation is 1. The van der Waals surface area contributed by atoms with Crippen LogP contribution >= 0.6 is 0 Å². The Balaban J connectivity index is 1.92. The minimum Gasteiger partial charge on any atom is -0.325 e. The SMILES string of the molecule is Cc1cccc(NC(=O)CN2CCCCC2)c1C. The lowest BCUT2D eigenvalue weighted by molar-refractivity contribution is -0.117. The molecule has 1 aromatic rings. The monoisotopic (exact) mass is 246 g/mol. The molecule has 1 saturated heterocycles. The average molecular weight is 246 g/mol. The average Bonchev–Trinajstić information content (AvgIpc) is 2.36. The van der Waals surface area contributed by atoms with Crippen LogP contribution in [0.3, 0.4) is 0 Å². The third-order valence-corrected chi connectivity index (χ3v) is 3.69. The molecule has 1 N–H and O–H groups in total. The first-order chi connectivity index (χ1) is 8.66. The van der Waals surface area contributed by atoms with Crippen molar-refractivity contribution in [1.82, 2.24) is 4.90 Å². The molecular formula is C15H22N2O. The number of amides is 1. The molecule has 1 aliphatic heterocycles. The first kappa shape index (κ1) is 13.1. The van der Waals surface area contributed by atoms with Crippen molar-refractivity contribution in [2.45, 2.75) is 33.1 Å². The van der Waals surface area contributed by atoms with Gasteiger partial charge in [0.2, 0.25) is 5.91 Å². The zero-order valence-corrected chi connectivity index (χ0v) is 11.3. The Labute approximate surface area is 109 Å². The molecule has 2 rings (SSSR count). The summed E-state index contributed by atoms with van der Waals surface area (Å²) in [6.45, 7) is 6.75. The quantitative estimate of drug-likeness (QED) is 0.889. The molecule has 0 saturated carbocycles. The van der Waals surface area contributed by atoms with Crippen LogP contribution < -0.4 is 5.32 Å². The van der Waals surface area contributed by atoms with Gasteiger partial charge in [0.05, 0.1) is 6.54 Å². The van der Waals surface area contributed by atoms with Gasteiger partial charge in [-0.1, -0.05) is 18.6 Å². The summed E-state index contributed by atoms with van der Waals surface area (Å²) < 4.78 is 0. The number of likely N-dealkylation sites (tertiary alicyclic amines) is 1. The Morgan fingerprint density at radius 1 is 1.22 bits per heavy atom. The van der Waals surface area contributed by atoms with Crippen molar-refractivity contribution in [3.63, 3.8) is 0 Å². The molecular weight excluding hydrogens is 224 g/mol. The number of nitrogens with one attached hydrogen (secondary N) is 1. The summed E-state index contributed by atoms with van der Waals surface area (Å²) >= 11 is 0. The van der Waals surface area contributed by atoms with E-state index in [0.717, 1.165) is 24.3 Å². The molecule has 3 nitrogen and oxygen atoms in total. The van der Waals surface area contributed by atoms with E-state index in [0.29, 0.717) is 6.54 Å². The van der Waals surface area contributed by atoms with E-state index in [1.54, 1.807) is 0 Å². The van der Waals surface area contributed by atoms with Gasteiger partial charge >= 0.3 is 0 Å². The molecule has 1 heterocycles. The zero-order chi connectivity index (χ0) is 13.0. The van der Waals surface area contributed by atoms with Gasteiger partial charge in [-0.3, -0.25) is 9.69 Å². The number of benzene rings is 1. The van der Waals surface area contributed by atoms with Crippen molar-refractivity contribution in [3.05, 3.63) is 29.3 Å². The van der Waals surface area contributed by atoms with Crippen LogP contribution in [-0.2, 0) is 4.79 Å². The molecule has 0 bridgehead atoms. The number of piperidine rings is 1. The van der Waals surface area contributed by atoms with Gasteiger partial charge in [0.15, 0.2) is 0 Å². The molecule has 1 aromatic carbocycles. The highest BCUT2D eigenvalue weighted by molar-refractivity contribution is 5.93. The van der Waals surface area contributed by atoms with E-state index in [1.807, 2.05) is 19.1 Å². The molecule has 0 spiro atoms. The Morgan fingerprint density at radius 3 is 2.67 bits per heavy atom. The summed E-state index contributed by atoms with van der Waals surface area (Å²) in [7, 11) is 0. The number of hydrogen-bond donors (Lipinski definition) is 1. The van der Waals surface area contributed by atoms with Crippen LogP contribution in [0.5, 0.6) is 0 Å². The van der Waals surface area contributed by atoms with Gasteiger partial charge in [-0.05, 0) is 57.0 Å². The molecule has 0 unspecified atom stereocenters. The lowest BCUT2D eigenvalue weighted by atomic mass is 10.1. The van der Waals surface area contributed by atoms with Crippen molar-refractivity contribution >= 4 is 11.6 Å². The Kier molecular flexibility index (Phi) is 4.37. The standard InChI is InChI=1S/C15H22N2O/c1-12-7-6-8-14(13(12)2)16-15(18)11-17-9-4-3-5-10-17/h6-8H,3-5,9-11H2,1-2H3,(H,16,18). The fourth-order valence-electron chi connectivity index (χ4n) is 2.40. The second kappa shape index (κ2) is 6.01. The summed E-state index contributed by atoms with van der Waals surface area (Å²) in [5.74, 6) is 0.102. The van der Waals surface area contributed by atoms with Gasteiger partial charge in [0.1, 0.15) is 0 Å². The lowest BCUT2D eigenvalue weighted by Gasteiger charge is -2.25. The number of nitrogens with zero attached hydrogens (tertiary/aromatic N) is 1. The Bertz CT molecular complexity index is 423. The van der Waals surface area contributed by atoms with Crippen molar-refractivity contribution in [1.29, 1.82) is 0 Å². The van der Waals surface area contributed by atoms with Gasteiger partial charge in [-0.15, -0.1) is 0 Å². The molecule has 98 valence electrons. The van der Waals surface area contributed by atoms with Crippen molar-refractivity contribution in [2.75, 3.05) is 25.0 Å². The van der Waals surface area contributed by atoms with Crippen LogP contribution in [0.2, 0.25) is 0 Å². The molecule has 18 heavy (non-hydrogen) atoms. The van der Waals surface area contributed by atoms with Gasteiger partial charge in [0.25, 0.3) is 0 Å². The number of hydrogen-bond acceptors (Lipinski definition) is 2. The highest BCUT2D eigenvalue weighted by Crippen LogP contribution is 2.18. The molecule has 1 fully saturated rings. The topological polar surface area (TPSA) is 32.3 Å². The van der Waals surface area contributed by atoms with Crippen LogP contribution in [0, 0.1) is 13.8 Å². The van der Waals surface area contributed by atoms with Crippen molar-refractivity contribution < 1.29 is 4.79 Å².